The van der Waals surface area contributed by atoms with Gasteiger partial charge in [-0.25, -0.2) is 9.36 Å². The zero-order valence-electron chi connectivity index (χ0n) is 13.5. The number of phosphoric acid groups is 1. The molecule has 5 atom stereocenters. The van der Waals surface area contributed by atoms with E-state index in [1.165, 1.54) is 12.3 Å². The predicted molar refractivity (Wildman–Crippen MR) is 82.5 cm³/mol. The van der Waals surface area contributed by atoms with Gasteiger partial charge in [-0.2, -0.15) is 0 Å². The van der Waals surface area contributed by atoms with E-state index in [0.29, 0.717) is 0 Å². The highest BCUT2D eigenvalue weighted by molar-refractivity contribution is 7.48. The number of aromatic amines is 1. The summed E-state index contributed by atoms with van der Waals surface area (Å²) in [7, 11) is -3.76. The molecule has 2 aliphatic heterocycles. The van der Waals surface area contributed by atoms with Gasteiger partial charge < -0.3 is 10.5 Å². The van der Waals surface area contributed by atoms with Gasteiger partial charge in [-0.1, -0.05) is 0 Å². The highest BCUT2D eigenvalue weighted by Crippen LogP contribution is 2.58. The van der Waals surface area contributed by atoms with Crippen molar-refractivity contribution < 1.29 is 22.9 Å². The van der Waals surface area contributed by atoms with E-state index in [1.54, 1.807) is 20.8 Å². The summed E-state index contributed by atoms with van der Waals surface area (Å²) in [5.41, 5.74) is 3.94. The Hall–Kier alpha value is -1.29. The molecule has 0 unspecified atom stereocenters. The first-order valence-electron chi connectivity index (χ1n) is 7.49. The number of nitrogens with zero attached hydrogens (tertiary/aromatic N) is 1. The Morgan fingerprint density at radius 3 is 2.83 bits per heavy atom. The average Bonchev–Trinajstić information content (AvgIpc) is 2.69. The molecule has 24 heavy (non-hydrogen) atoms. The summed E-state index contributed by atoms with van der Waals surface area (Å²) in [6, 6.07) is 1.19. The Balaban J connectivity index is 1.91. The lowest BCUT2D eigenvalue weighted by Crippen LogP contribution is -2.55. The van der Waals surface area contributed by atoms with E-state index in [9.17, 15) is 14.2 Å². The van der Waals surface area contributed by atoms with Gasteiger partial charge in [0.05, 0.1) is 18.2 Å². The first kappa shape index (κ1) is 17.5. The summed E-state index contributed by atoms with van der Waals surface area (Å²) < 4.78 is 35.4. The molecule has 2 fully saturated rings. The van der Waals surface area contributed by atoms with Crippen LogP contribution in [0.5, 0.6) is 0 Å². The number of rotatable bonds is 3. The third-order valence-electron chi connectivity index (χ3n) is 3.87. The largest absolute Gasteiger partial charge is 0.475 e. The van der Waals surface area contributed by atoms with Crippen molar-refractivity contribution in [3.05, 3.63) is 33.1 Å². The Bertz CT molecular complexity index is 786. The lowest BCUT2D eigenvalue weighted by molar-refractivity contribution is -0.0749. The monoisotopic (exact) mass is 361 g/mol. The normalized spacial score (nSPS) is 39.1. The van der Waals surface area contributed by atoms with E-state index in [2.05, 4.69) is 4.98 Å². The SMILES string of the molecule is CC(C)O[P@@]1(=O)OC[C@H]2O[C@@H](n3ccc(=O)[nH]c3=O)[C@](C)(N)[C@H]2O1. The van der Waals surface area contributed by atoms with Crippen LogP contribution in [0.4, 0.5) is 0 Å². The second-order valence-corrected chi connectivity index (χ2v) is 7.91. The highest BCUT2D eigenvalue weighted by atomic mass is 31.2. The van der Waals surface area contributed by atoms with Crippen LogP contribution in [0.3, 0.4) is 0 Å². The van der Waals surface area contributed by atoms with Gasteiger partial charge in [-0.15, -0.1) is 0 Å². The number of aromatic nitrogens is 2. The molecule has 0 radical (unpaired) electrons. The Morgan fingerprint density at radius 2 is 2.21 bits per heavy atom. The van der Waals surface area contributed by atoms with Gasteiger partial charge in [0.25, 0.3) is 5.56 Å². The fraction of sp³-hybridized carbons (Fsp3) is 0.692. The molecular weight excluding hydrogens is 341 g/mol. The molecular formula is C13H20N3O7P. The first-order chi connectivity index (χ1) is 11.1. The lowest BCUT2D eigenvalue weighted by Gasteiger charge is -2.36. The van der Waals surface area contributed by atoms with Gasteiger partial charge in [0.1, 0.15) is 12.2 Å². The molecule has 0 aromatic carbocycles. The van der Waals surface area contributed by atoms with Gasteiger partial charge in [-0.05, 0) is 20.8 Å². The third-order valence-corrected chi connectivity index (χ3v) is 5.50. The molecule has 0 bridgehead atoms. The summed E-state index contributed by atoms with van der Waals surface area (Å²) in [4.78, 5) is 25.4. The highest BCUT2D eigenvalue weighted by Gasteiger charge is 2.59. The maximum Gasteiger partial charge on any atom is 0.475 e. The zero-order valence-corrected chi connectivity index (χ0v) is 14.4. The quantitative estimate of drug-likeness (QED) is 0.724. The molecule has 1 aromatic rings. The van der Waals surface area contributed by atoms with Crippen LogP contribution in [0.15, 0.2) is 21.9 Å². The van der Waals surface area contributed by atoms with Crippen molar-refractivity contribution in [2.75, 3.05) is 6.61 Å². The number of ether oxygens (including phenoxy) is 1. The van der Waals surface area contributed by atoms with Gasteiger partial charge in [0.2, 0.25) is 0 Å². The van der Waals surface area contributed by atoms with Gasteiger partial charge >= 0.3 is 13.5 Å². The van der Waals surface area contributed by atoms with E-state index < -0.39 is 43.0 Å². The van der Waals surface area contributed by atoms with Crippen molar-refractivity contribution in [3.63, 3.8) is 0 Å². The summed E-state index contributed by atoms with van der Waals surface area (Å²) >= 11 is 0. The standard InChI is InChI=1S/C13H20N3O7P/c1-7(2)22-24(19)20-6-8-10(23-24)13(3,14)11(21-8)16-5-4-9(17)15-12(16)18/h4-5,7-8,10-11H,6,14H2,1-3H3,(H,15,17,18)/t8-,10+,11-,13-,24-/m1/s1. The van der Waals surface area contributed by atoms with Gasteiger partial charge in [0.15, 0.2) is 6.23 Å². The fourth-order valence-corrected chi connectivity index (χ4v) is 4.52. The second-order valence-electron chi connectivity index (χ2n) is 6.33. The summed E-state index contributed by atoms with van der Waals surface area (Å²) in [5, 5.41) is 0. The Morgan fingerprint density at radius 1 is 1.50 bits per heavy atom. The molecule has 134 valence electrons. The van der Waals surface area contributed by atoms with E-state index >= 15 is 0 Å². The third kappa shape index (κ3) is 3.01. The van der Waals surface area contributed by atoms with Gasteiger partial charge in [-0.3, -0.25) is 27.9 Å². The minimum absolute atomic E-state index is 0.0456. The second kappa shape index (κ2) is 5.91. The van der Waals surface area contributed by atoms with Crippen LogP contribution in [-0.4, -0.2) is 40.0 Å². The Labute approximate surface area is 137 Å². The van der Waals surface area contributed by atoms with Crippen LogP contribution >= 0.6 is 7.82 Å². The fourth-order valence-electron chi connectivity index (χ4n) is 2.86. The maximum atomic E-state index is 12.5. The van der Waals surface area contributed by atoms with Crippen LogP contribution in [0.2, 0.25) is 0 Å². The summed E-state index contributed by atoms with van der Waals surface area (Å²) in [5.74, 6) is 0. The molecule has 1 aromatic heterocycles. The van der Waals surface area contributed by atoms with Crippen molar-refractivity contribution in [2.45, 2.75) is 50.8 Å². The van der Waals surface area contributed by atoms with Crippen LogP contribution in [0.1, 0.15) is 27.0 Å². The Kier molecular flexibility index (Phi) is 4.31. The van der Waals surface area contributed by atoms with Crippen molar-refractivity contribution in [1.82, 2.24) is 9.55 Å². The molecule has 11 heteroatoms. The first-order valence-corrected chi connectivity index (χ1v) is 8.95. The van der Waals surface area contributed by atoms with Crippen molar-refractivity contribution in [3.8, 4) is 0 Å². The van der Waals surface area contributed by atoms with Crippen LogP contribution in [0.25, 0.3) is 0 Å². The van der Waals surface area contributed by atoms with Crippen LogP contribution in [-0.2, 0) is 22.9 Å². The zero-order chi connectivity index (χ0) is 17.7. The van der Waals surface area contributed by atoms with Crippen molar-refractivity contribution in [2.24, 2.45) is 5.73 Å². The number of H-pyrrole nitrogens is 1. The molecule has 0 amide bonds. The number of hydrogen-bond donors (Lipinski definition) is 2. The van der Waals surface area contributed by atoms with E-state index in [4.69, 9.17) is 24.0 Å². The topological polar surface area (TPSA) is 135 Å². The average molecular weight is 361 g/mol. The number of nitrogens with one attached hydrogen (secondary N) is 1. The summed E-state index contributed by atoms with van der Waals surface area (Å²) in [6.45, 7) is 4.98. The molecule has 10 nitrogen and oxygen atoms in total. The molecule has 3 heterocycles. The molecule has 2 saturated heterocycles. The molecule has 0 aliphatic carbocycles. The minimum atomic E-state index is -3.76. The van der Waals surface area contributed by atoms with Crippen molar-refractivity contribution >= 4 is 7.82 Å². The van der Waals surface area contributed by atoms with E-state index in [1.807, 2.05) is 0 Å². The van der Waals surface area contributed by atoms with E-state index in [0.717, 1.165) is 4.57 Å². The molecule has 3 rings (SSSR count). The van der Waals surface area contributed by atoms with Crippen molar-refractivity contribution in [1.29, 1.82) is 0 Å². The van der Waals surface area contributed by atoms with Crippen LogP contribution < -0.4 is 17.0 Å². The molecule has 3 N–H and O–H groups in total. The molecule has 0 spiro atoms. The van der Waals surface area contributed by atoms with Crippen LogP contribution in [0, 0.1) is 0 Å². The maximum absolute atomic E-state index is 12.5. The lowest BCUT2D eigenvalue weighted by atomic mass is 9.93. The number of phosphoric ester groups is 1. The van der Waals surface area contributed by atoms with E-state index in [-0.39, 0.29) is 12.7 Å². The smallest absolute Gasteiger partial charge is 0.347 e. The molecule has 0 saturated carbocycles. The minimum Gasteiger partial charge on any atom is -0.347 e. The molecule has 2 aliphatic rings. The number of fused-ring (bicyclic) bond motifs is 1. The number of nitrogens with two attached hydrogens (primary N) is 1. The summed E-state index contributed by atoms with van der Waals surface area (Å²) in [6.07, 6.45) is -1.43. The number of hydrogen-bond acceptors (Lipinski definition) is 8. The predicted octanol–water partition coefficient (Wildman–Crippen LogP) is 0.0999. The van der Waals surface area contributed by atoms with Gasteiger partial charge in [0, 0.05) is 12.3 Å².